The lowest BCUT2D eigenvalue weighted by atomic mass is 10.0. The third-order valence-corrected chi connectivity index (χ3v) is 4.59. The lowest BCUT2D eigenvalue weighted by molar-refractivity contribution is -0.118. The van der Waals surface area contributed by atoms with E-state index in [4.69, 9.17) is 4.74 Å². The van der Waals surface area contributed by atoms with Crippen LogP contribution in [-0.4, -0.2) is 18.5 Å². The summed E-state index contributed by atoms with van der Waals surface area (Å²) in [6, 6.07) is 21.8. The molecule has 3 N–H and O–H groups in total. The summed E-state index contributed by atoms with van der Waals surface area (Å²) < 4.78 is 5.78. The number of para-hydroxylation sites is 1. The number of amides is 3. The van der Waals surface area contributed by atoms with Crippen LogP contribution in [-0.2, 0) is 4.79 Å². The average Bonchev–Trinajstić information content (AvgIpc) is 2.73. The highest BCUT2D eigenvalue weighted by Crippen LogP contribution is 2.27. The Bertz CT molecular complexity index is 1050. The molecule has 6 heteroatoms. The predicted molar refractivity (Wildman–Crippen MR) is 125 cm³/mol. The summed E-state index contributed by atoms with van der Waals surface area (Å²) in [5, 5.41) is 8.31. The van der Waals surface area contributed by atoms with Gasteiger partial charge in [0, 0.05) is 17.1 Å². The van der Waals surface area contributed by atoms with Gasteiger partial charge in [-0.25, -0.2) is 4.79 Å². The first-order valence-electron chi connectivity index (χ1n) is 10.2. The molecule has 0 aromatic heterocycles. The zero-order valence-electron chi connectivity index (χ0n) is 17.9. The summed E-state index contributed by atoms with van der Waals surface area (Å²) in [7, 11) is 0. The number of carbonyl (C=O) groups is 2. The van der Waals surface area contributed by atoms with Crippen molar-refractivity contribution in [2.45, 2.75) is 26.7 Å². The van der Waals surface area contributed by atoms with Gasteiger partial charge in [0.2, 0.25) is 0 Å². The van der Waals surface area contributed by atoms with E-state index in [2.05, 4.69) is 29.8 Å². The Morgan fingerprint density at radius 2 is 1.45 bits per heavy atom. The molecular weight excluding hydrogens is 390 g/mol. The number of anilines is 3. The van der Waals surface area contributed by atoms with Crippen LogP contribution in [0, 0.1) is 6.92 Å². The Morgan fingerprint density at radius 1 is 0.806 bits per heavy atom. The molecule has 0 heterocycles. The number of rotatable bonds is 7. The number of nitrogens with one attached hydrogen (secondary N) is 3. The second kappa shape index (κ2) is 10.3. The summed E-state index contributed by atoms with van der Waals surface area (Å²) in [6.07, 6.45) is 0. The Hall–Kier alpha value is -3.80. The van der Waals surface area contributed by atoms with Crippen LogP contribution in [0.15, 0.2) is 72.8 Å². The molecule has 31 heavy (non-hydrogen) atoms. The van der Waals surface area contributed by atoms with Crippen LogP contribution in [0.5, 0.6) is 5.75 Å². The van der Waals surface area contributed by atoms with Crippen molar-refractivity contribution in [1.82, 2.24) is 0 Å². The van der Waals surface area contributed by atoms with E-state index in [1.54, 1.807) is 36.4 Å². The molecule has 0 bridgehead atoms. The first-order valence-corrected chi connectivity index (χ1v) is 10.2. The van der Waals surface area contributed by atoms with Gasteiger partial charge in [0.25, 0.3) is 5.91 Å². The van der Waals surface area contributed by atoms with Gasteiger partial charge in [-0.2, -0.15) is 0 Å². The highest BCUT2D eigenvalue weighted by molar-refractivity contribution is 6.00. The van der Waals surface area contributed by atoms with Gasteiger partial charge in [-0.05, 0) is 60.4 Å². The molecule has 0 aliphatic rings. The summed E-state index contributed by atoms with van der Waals surface area (Å²) in [6.45, 7) is 6.06. The lowest BCUT2D eigenvalue weighted by Gasteiger charge is -2.15. The first kappa shape index (κ1) is 21.9. The van der Waals surface area contributed by atoms with Gasteiger partial charge in [0.1, 0.15) is 5.75 Å². The molecule has 6 nitrogen and oxygen atoms in total. The second-order valence-electron chi connectivity index (χ2n) is 7.56. The fourth-order valence-electron chi connectivity index (χ4n) is 3.07. The van der Waals surface area contributed by atoms with Crippen LogP contribution in [0.4, 0.5) is 21.9 Å². The van der Waals surface area contributed by atoms with Gasteiger partial charge in [-0.15, -0.1) is 0 Å². The van der Waals surface area contributed by atoms with E-state index >= 15 is 0 Å². The van der Waals surface area contributed by atoms with Crippen LogP contribution < -0.4 is 20.7 Å². The molecule has 3 amide bonds. The molecule has 0 aliphatic carbocycles. The number of aryl methyl sites for hydroxylation is 1. The lowest BCUT2D eigenvalue weighted by Crippen LogP contribution is -2.21. The van der Waals surface area contributed by atoms with Gasteiger partial charge < -0.3 is 20.7 Å². The summed E-state index contributed by atoms with van der Waals surface area (Å²) in [5.74, 6) is 0.740. The maximum absolute atomic E-state index is 12.4. The number of urea groups is 1. The first-order chi connectivity index (χ1) is 14.9. The molecule has 0 atom stereocenters. The maximum atomic E-state index is 12.4. The average molecular weight is 418 g/mol. The quantitative estimate of drug-likeness (QED) is 0.456. The molecule has 3 aromatic rings. The van der Waals surface area contributed by atoms with Crippen molar-refractivity contribution in [2.75, 3.05) is 22.6 Å². The van der Waals surface area contributed by atoms with E-state index in [0.717, 1.165) is 16.9 Å². The Labute approximate surface area is 182 Å². The third-order valence-electron chi connectivity index (χ3n) is 4.59. The molecular formula is C25H27N3O3. The van der Waals surface area contributed by atoms with Crippen LogP contribution in [0.25, 0.3) is 0 Å². The molecule has 0 saturated heterocycles. The van der Waals surface area contributed by atoms with Crippen molar-refractivity contribution in [2.24, 2.45) is 0 Å². The fraction of sp³-hybridized carbons (Fsp3) is 0.200. The molecule has 3 rings (SSSR count). The highest BCUT2D eigenvalue weighted by Gasteiger charge is 2.11. The molecule has 0 aliphatic heterocycles. The van der Waals surface area contributed by atoms with Gasteiger partial charge in [0.15, 0.2) is 6.61 Å². The minimum Gasteiger partial charge on any atom is -0.483 e. The Kier molecular flexibility index (Phi) is 7.27. The fourth-order valence-corrected chi connectivity index (χ4v) is 3.07. The van der Waals surface area contributed by atoms with E-state index < -0.39 is 0 Å². The minimum absolute atomic E-state index is 0.102. The topological polar surface area (TPSA) is 79.5 Å². The normalized spacial score (nSPS) is 10.5. The van der Waals surface area contributed by atoms with Gasteiger partial charge >= 0.3 is 6.03 Å². The number of benzene rings is 3. The third kappa shape index (κ3) is 6.60. The zero-order chi connectivity index (χ0) is 22.2. The number of hydrogen-bond donors (Lipinski definition) is 3. The Balaban J connectivity index is 1.56. The SMILES string of the molecule is Cc1ccc(C(C)C)c(OCC(=O)Nc2cccc(NC(=O)Nc3ccccc3)c2)c1. The Morgan fingerprint density at radius 3 is 2.16 bits per heavy atom. The number of carbonyl (C=O) groups excluding carboxylic acids is 2. The van der Waals surface area contributed by atoms with Crippen molar-refractivity contribution in [3.05, 3.63) is 83.9 Å². The van der Waals surface area contributed by atoms with E-state index in [1.165, 1.54) is 0 Å². The van der Waals surface area contributed by atoms with Crippen LogP contribution in [0.1, 0.15) is 30.9 Å². The second-order valence-corrected chi connectivity index (χ2v) is 7.56. The van der Waals surface area contributed by atoms with Crippen molar-refractivity contribution in [1.29, 1.82) is 0 Å². The van der Waals surface area contributed by atoms with Gasteiger partial charge in [-0.1, -0.05) is 50.2 Å². The van der Waals surface area contributed by atoms with Crippen LogP contribution >= 0.6 is 0 Å². The molecule has 0 spiro atoms. The van der Waals surface area contributed by atoms with Gasteiger partial charge in [-0.3, -0.25) is 4.79 Å². The van der Waals surface area contributed by atoms with E-state index in [-0.39, 0.29) is 18.5 Å². The maximum Gasteiger partial charge on any atom is 0.323 e. The van der Waals surface area contributed by atoms with Crippen molar-refractivity contribution in [3.63, 3.8) is 0 Å². The monoisotopic (exact) mass is 417 g/mol. The van der Waals surface area contributed by atoms with Crippen molar-refractivity contribution < 1.29 is 14.3 Å². The van der Waals surface area contributed by atoms with E-state index in [0.29, 0.717) is 23.0 Å². The van der Waals surface area contributed by atoms with Crippen LogP contribution in [0.2, 0.25) is 0 Å². The van der Waals surface area contributed by atoms with Crippen molar-refractivity contribution >= 4 is 29.0 Å². The standard InChI is InChI=1S/C25H27N3O3/c1-17(2)22-13-12-18(3)14-23(22)31-16-24(29)26-20-10-7-11-21(15-20)28-25(30)27-19-8-5-4-6-9-19/h4-15,17H,16H2,1-3H3,(H,26,29)(H2,27,28,30). The number of ether oxygens (including phenoxy) is 1. The summed E-state index contributed by atoms with van der Waals surface area (Å²) >= 11 is 0. The zero-order valence-corrected chi connectivity index (χ0v) is 17.9. The predicted octanol–water partition coefficient (Wildman–Crippen LogP) is 5.78. The molecule has 0 fully saturated rings. The van der Waals surface area contributed by atoms with E-state index in [9.17, 15) is 9.59 Å². The van der Waals surface area contributed by atoms with Crippen LogP contribution in [0.3, 0.4) is 0 Å². The highest BCUT2D eigenvalue weighted by atomic mass is 16.5. The van der Waals surface area contributed by atoms with Crippen molar-refractivity contribution in [3.8, 4) is 5.75 Å². The minimum atomic E-state index is -0.362. The number of hydrogen-bond acceptors (Lipinski definition) is 3. The largest absolute Gasteiger partial charge is 0.483 e. The summed E-state index contributed by atoms with van der Waals surface area (Å²) in [4.78, 5) is 24.6. The molecule has 160 valence electrons. The molecule has 3 aromatic carbocycles. The molecule has 0 radical (unpaired) electrons. The summed E-state index contributed by atoms with van der Waals surface area (Å²) in [5.41, 5.74) is 3.97. The van der Waals surface area contributed by atoms with E-state index in [1.807, 2.05) is 43.3 Å². The smallest absolute Gasteiger partial charge is 0.323 e. The van der Waals surface area contributed by atoms with Gasteiger partial charge in [0.05, 0.1) is 0 Å². The molecule has 0 unspecified atom stereocenters. The molecule has 0 saturated carbocycles.